The second-order valence-corrected chi connectivity index (χ2v) is 8.71. The average molecular weight is 483 g/mol. The standard InChI is InChI=1S/C25H24Cl2N4O2/c26-19-8-10-22(21(14-19)25(32)30-23-11-9-20(27)15-29-23)33-16-17-4-6-18(7-5-17)24(28)31-12-2-1-3-13-31/h4-11,14-15,28H,1-3,12-13,16H2,(H,29,30,32). The molecule has 33 heavy (non-hydrogen) atoms. The predicted molar refractivity (Wildman–Crippen MR) is 132 cm³/mol. The lowest BCUT2D eigenvalue weighted by Crippen LogP contribution is -2.35. The maximum atomic E-state index is 12.8. The zero-order valence-electron chi connectivity index (χ0n) is 18.0. The summed E-state index contributed by atoms with van der Waals surface area (Å²) < 4.78 is 5.95. The maximum absolute atomic E-state index is 12.8. The van der Waals surface area contributed by atoms with Crippen LogP contribution in [-0.4, -0.2) is 34.7 Å². The van der Waals surface area contributed by atoms with Crippen LogP contribution in [0.25, 0.3) is 0 Å². The first-order chi connectivity index (χ1) is 16.0. The van der Waals surface area contributed by atoms with Gasteiger partial charge in [-0.05, 0) is 55.2 Å². The van der Waals surface area contributed by atoms with Crippen LogP contribution in [0.3, 0.4) is 0 Å². The van der Waals surface area contributed by atoms with E-state index in [4.69, 9.17) is 33.3 Å². The highest BCUT2D eigenvalue weighted by Crippen LogP contribution is 2.25. The summed E-state index contributed by atoms with van der Waals surface area (Å²) in [7, 11) is 0. The number of ether oxygens (including phenoxy) is 1. The SMILES string of the molecule is N=C(c1ccc(COc2ccc(Cl)cc2C(=O)Nc2ccc(Cl)cn2)cc1)N1CCCCC1. The first-order valence-electron chi connectivity index (χ1n) is 10.8. The van der Waals surface area contributed by atoms with Gasteiger partial charge in [0.2, 0.25) is 0 Å². The third-order valence-electron chi connectivity index (χ3n) is 5.45. The van der Waals surface area contributed by atoms with Crippen molar-refractivity contribution in [2.24, 2.45) is 0 Å². The zero-order valence-corrected chi connectivity index (χ0v) is 19.5. The van der Waals surface area contributed by atoms with Crippen LogP contribution >= 0.6 is 23.2 Å². The van der Waals surface area contributed by atoms with Gasteiger partial charge >= 0.3 is 0 Å². The van der Waals surface area contributed by atoms with Crippen molar-refractivity contribution < 1.29 is 9.53 Å². The van der Waals surface area contributed by atoms with Gasteiger partial charge in [-0.3, -0.25) is 10.2 Å². The molecule has 1 aromatic heterocycles. The lowest BCUT2D eigenvalue weighted by Gasteiger charge is -2.29. The summed E-state index contributed by atoms with van der Waals surface area (Å²) in [5, 5.41) is 12.1. The Kier molecular flexibility index (Phi) is 7.47. The molecule has 0 aliphatic carbocycles. The molecule has 3 aromatic rings. The van der Waals surface area contributed by atoms with Crippen LogP contribution in [0.5, 0.6) is 5.75 Å². The third kappa shape index (κ3) is 6.03. The molecular formula is C25H24Cl2N4O2. The van der Waals surface area contributed by atoms with Crippen molar-refractivity contribution in [1.29, 1.82) is 5.41 Å². The summed E-state index contributed by atoms with van der Waals surface area (Å²) in [4.78, 5) is 19.0. The van der Waals surface area contributed by atoms with Crippen LogP contribution in [0.2, 0.25) is 10.0 Å². The number of nitrogens with one attached hydrogen (secondary N) is 2. The number of piperidine rings is 1. The molecule has 2 N–H and O–H groups in total. The molecule has 1 aliphatic heterocycles. The van der Waals surface area contributed by atoms with Gasteiger partial charge in [0.1, 0.15) is 24.0 Å². The highest BCUT2D eigenvalue weighted by Gasteiger charge is 2.16. The minimum atomic E-state index is -0.382. The van der Waals surface area contributed by atoms with Gasteiger partial charge in [0.15, 0.2) is 0 Å². The molecule has 4 rings (SSSR count). The van der Waals surface area contributed by atoms with Gasteiger partial charge in [0.25, 0.3) is 5.91 Å². The number of halogens is 2. The van der Waals surface area contributed by atoms with Gasteiger partial charge < -0.3 is 15.0 Å². The van der Waals surface area contributed by atoms with Crippen LogP contribution in [0, 0.1) is 5.41 Å². The van der Waals surface area contributed by atoms with Gasteiger partial charge in [0, 0.05) is 29.9 Å². The second kappa shape index (κ2) is 10.7. The highest BCUT2D eigenvalue weighted by atomic mass is 35.5. The van der Waals surface area contributed by atoms with Crippen molar-refractivity contribution in [1.82, 2.24) is 9.88 Å². The molecule has 2 aromatic carbocycles. The number of nitrogens with zero attached hydrogens (tertiary/aromatic N) is 2. The Morgan fingerprint density at radius 2 is 1.73 bits per heavy atom. The third-order valence-corrected chi connectivity index (χ3v) is 5.91. The van der Waals surface area contributed by atoms with E-state index in [0.717, 1.165) is 37.1 Å². The Bertz CT molecular complexity index is 1130. The number of hydrogen-bond donors (Lipinski definition) is 2. The Labute approximate surface area is 203 Å². The number of rotatable bonds is 6. The maximum Gasteiger partial charge on any atom is 0.260 e. The van der Waals surface area contributed by atoms with Crippen molar-refractivity contribution in [3.8, 4) is 5.75 Å². The quantitative estimate of drug-likeness (QED) is 0.332. The molecular weight excluding hydrogens is 459 g/mol. The van der Waals surface area contributed by atoms with E-state index in [2.05, 4.69) is 15.2 Å². The molecule has 8 heteroatoms. The van der Waals surface area contributed by atoms with E-state index in [1.807, 2.05) is 24.3 Å². The van der Waals surface area contributed by atoms with Crippen molar-refractivity contribution in [2.45, 2.75) is 25.9 Å². The number of hydrogen-bond acceptors (Lipinski definition) is 4. The van der Waals surface area contributed by atoms with Crippen molar-refractivity contribution in [2.75, 3.05) is 18.4 Å². The summed E-state index contributed by atoms with van der Waals surface area (Å²) in [6.07, 6.45) is 4.97. The summed E-state index contributed by atoms with van der Waals surface area (Å²) in [5.41, 5.74) is 2.14. The molecule has 0 unspecified atom stereocenters. The summed E-state index contributed by atoms with van der Waals surface area (Å²) in [6, 6.07) is 16.0. The lowest BCUT2D eigenvalue weighted by atomic mass is 10.1. The molecule has 0 spiro atoms. The minimum Gasteiger partial charge on any atom is -0.488 e. The van der Waals surface area contributed by atoms with Crippen LogP contribution in [0.1, 0.15) is 40.7 Å². The van der Waals surface area contributed by atoms with E-state index >= 15 is 0 Å². The van der Waals surface area contributed by atoms with Gasteiger partial charge in [0.05, 0.1) is 10.6 Å². The molecule has 6 nitrogen and oxygen atoms in total. The fourth-order valence-electron chi connectivity index (χ4n) is 3.66. The molecule has 0 saturated carbocycles. The van der Waals surface area contributed by atoms with Crippen LogP contribution < -0.4 is 10.1 Å². The summed E-state index contributed by atoms with van der Waals surface area (Å²) >= 11 is 12.0. The van der Waals surface area contributed by atoms with Gasteiger partial charge in [-0.15, -0.1) is 0 Å². The Morgan fingerprint density at radius 1 is 1.00 bits per heavy atom. The highest BCUT2D eigenvalue weighted by molar-refractivity contribution is 6.31. The number of amides is 1. The van der Waals surface area contributed by atoms with Gasteiger partial charge in [-0.2, -0.15) is 0 Å². The van der Waals surface area contributed by atoms with Crippen molar-refractivity contribution >= 4 is 40.8 Å². The number of pyridine rings is 1. The first kappa shape index (κ1) is 23.1. The number of benzene rings is 2. The molecule has 1 amide bonds. The lowest BCUT2D eigenvalue weighted by molar-refractivity contribution is 0.102. The number of amidine groups is 1. The largest absolute Gasteiger partial charge is 0.488 e. The van der Waals surface area contributed by atoms with E-state index in [9.17, 15) is 4.79 Å². The van der Waals surface area contributed by atoms with Gasteiger partial charge in [-0.25, -0.2) is 4.98 Å². The van der Waals surface area contributed by atoms with Crippen molar-refractivity contribution in [3.05, 3.63) is 87.5 Å². The number of carbonyl (C=O) groups excluding carboxylic acids is 1. The topological polar surface area (TPSA) is 78.3 Å². The smallest absolute Gasteiger partial charge is 0.260 e. The monoisotopic (exact) mass is 482 g/mol. The van der Waals surface area contributed by atoms with E-state index in [0.29, 0.717) is 33.0 Å². The molecule has 0 bridgehead atoms. The van der Waals surface area contributed by atoms with Crippen LogP contribution in [0.4, 0.5) is 5.82 Å². The summed E-state index contributed by atoms with van der Waals surface area (Å²) in [5.74, 6) is 0.973. The van der Waals surface area contributed by atoms with E-state index in [-0.39, 0.29) is 12.5 Å². The number of likely N-dealkylation sites (tertiary alicyclic amines) is 1. The minimum absolute atomic E-state index is 0.276. The second-order valence-electron chi connectivity index (χ2n) is 7.84. The Morgan fingerprint density at radius 3 is 2.42 bits per heavy atom. The van der Waals surface area contributed by atoms with Crippen LogP contribution in [0.15, 0.2) is 60.8 Å². The molecule has 0 radical (unpaired) electrons. The molecule has 1 fully saturated rings. The normalized spacial score (nSPS) is 13.5. The van der Waals surface area contributed by atoms with E-state index in [1.165, 1.54) is 12.6 Å². The molecule has 170 valence electrons. The Balaban J connectivity index is 1.42. The molecule has 1 aliphatic rings. The first-order valence-corrected chi connectivity index (χ1v) is 11.5. The summed E-state index contributed by atoms with van der Waals surface area (Å²) in [6.45, 7) is 2.16. The number of aromatic nitrogens is 1. The average Bonchev–Trinajstić information content (AvgIpc) is 2.85. The van der Waals surface area contributed by atoms with Crippen molar-refractivity contribution in [3.63, 3.8) is 0 Å². The zero-order chi connectivity index (χ0) is 23.2. The number of anilines is 1. The number of carbonyl (C=O) groups is 1. The Hall–Kier alpha value is -3.09. The predicted octanol–water partition coefficient (Wildman–Crippen LogP) is 6.03. The van der Waals surface area contributed by atoms with E-state index in [1.54, 1.807) is 30.3 Å². The fourth-order valence-corrected chi connectivity index (χ4v) is 3.94. The van der Waals surface area contributed by atoms with Gasteiger partial charge in [-0.1, -0.05) is 47.5 Å². The molecule has 1 saturated heterocycles. The molecule has 2 heterocycles. The molecule has 0 atom stereocenters. The fraction of sp³-hybridized carbons (Fsp3) is 0.240. The van der Waals surface area contributed by atoms with Crippen LogP contribution in [-0.2, 0) is 6.61 Å². The van der Waals surface area contributed by atoms with E-state index < -0.39 is 0 Å².